The summed E-state index contributed by atoms with van der Waals surface area (Å²) < 4.78 is 0. The largest absolute Gasteiger partial charge is 0.395 e. The van der Waals surface area contributed by atoms with Crippen molar-refractivity contribution >= 4 is 23.1 Å². The molecule has 0 spiro atoms. The number of hydrogen-bond donors (Lipinski definition) is 2. The van der Waals surface area contributed by atoms with E-state index in [1.807, 2.05) is 41.1 Å². The molecule has 0 atom stereocenters. The van der Waals surface area contributed by atoms with E-state index in [1.165, 1.54) is 5.56 Å². The molecule has 2 N–H and O–H groups in total. The topological polar surface area (TPSA) is 52.6 Å². The van der Waals surface area contributed by atoms with Crippen molar-refractivity contribution in [2.24, 2.45) is 0 Å². The standard InChI is InChI=1S/C16H20N2O2S/c1-2-13-4-3-5-15(10-13)17-16(20)18(7-8-19)11-14-6-9-21-12-14/h3-6,9-10,12,19H,2,7-8,11H2,1H3,(H,17,20). The number of rotatable bonds is 6. The van der Waals surface area contributed by atoms with Crippen LogP contribution >= 0.6 is 11.3 Å². The van der Waals surface area contributed by atoms with Gasteiger partial charge in [-0.05, 0) is 46.5 Å². The summed E-state index contributed by atoms with van der Waals surface area (Å²) in [6.07, 6.45) is 0.930. The number of benzene rings is 1. The molecule has 0 aliphatic heterocycles. The first-order valence-electron chi connectivity index (χ1n) is 6.99. The Morgan fingerprint density at radius 1 is 1.33 bits per heavy atom. The number of aryl methyl sites for hydroxylation is 1. The van der Waals surface area contributed by atoms with Gasteiger partial charge in [-0.1, -0.05) is 19.1 Å². The summed E-state index contributed by atoms with van der Waals surface area (Å²) in [6.45, 7) is 2.85. The molecule has 0 aliphatic carbocycles. The van der Waals surface area contributed by atoms with Crippen LogP contribution in [0.15, 0.2) is 41.1 Å². The number of nitrogens with zero attached hydrogens (tertiary/aromatic N) is 1. The number of nitrogens with one attached hydrogen (secondary N) is 1. The van der Waals surface area contributed by atoms with Crippen LogP contribution in [-0.2, 0) is 13.0 Å². The zero-order valence-corrected chi connectivity index (χ0v) is 12.9. The highest BCUT2D eigenvalue weighted by Crippen LogP contribution is 2.14. The second-order valence-electron chi connectivity index (χ2n) is 4.76. The molecule has 0 bridgehead atoms. The van der Waals surface area contributed by atoms with Crippen molar-refractivity contribution in [1.82, 2.24) is 4.90 Å². The van der Waals surface area contributed by atoms with E-state index >= 15 is 0 Å². The van der Waals surface area contributed by atoms with Crippen molar-refractivity contribution in [3.63, 3.8) is 0 Å². The minimum absolute atomic E-state index is 0.0491. The molecule has 2 amide bonds. The Hall–Kier alpha value is -1.85. The molecular formula is C16H20N2O2S. The third kappa shape index (κ3) is 4.58. The Bertz CT molecular complexity index is 569. The number of hydrogen-bond acceptors (Lipinski definition) is 3. The molecule has 21 heavy (non-hydrogen) atoms. The fraction of sp³-hybridized carbons (Fsp3) is 0.312. The van der Waals surface area contributed by atoms with Gasteiger partial charge in [0.15, 0.2) is 0 Å². The average Bonchev–Trinajstić information content (AvgIpc) is 3.00. The Balaban J connectivity index is 2.03. The normalized spacial score (nSPS) is 10.4. The fourth-order valence-corrected chi connectivity index (χ4v) is 2.71. The van der Waals surface area contributed by atoms with Crippen LogP contribution < -0.4 is 5.32 Å². The number of amides is 2. The lowest BCUT2D eigenvalue weighted by atomic mass is 10.1. The predicted octanol–water partition coefficient (Wildman–Crippen LogP) is 3.34. The molecule has 4 nitrogen and oxygen atoms in total. The number of aliphatic hydroxyl groups excluding tert-OH is 1. The van der Waals surface area contributed by atoms with E-state index in [1.54, 1.807) is 16.2 Å². The fourth-order valence-electron chi connectivity index (χ4n) is 2.05. The van der Waals surface area contributed by atoms with E-state index in [0.717, 1.165) is 17.7 Å². The molecule has 1 aromatic heterocycles. The Morgan fingerprint density at radius 2 is 2.19 bits per heavy atom. The average molecular weight is 304 g/mol. The van der Waals surface area contributed by atoms with Crippen molar-refractivity contribution < 1.29 is 9.90 Å². The summed E-state index contributed by atoms with van der Waals surface area (Å²) in [5.41, 5.74) is 3.04. The smallest absolute Gasteiger partial charge is 0.322 e. The highest BCUT2D eigenvalue weighted by Gasteiger charge is 2.14. The Labute approximate surface area is 129 Å². The highest BCUT2D eigenvalue weighted by molar-refractivity contribution is 7.07. The molecule has 0 saturated heterocycles. The number of thiophene rings is 1. The molecule has 0 radical (unpaired) electrons. The molecule has 2 aromatic rings. The molecule has 0 fully saturated rings. The van der Waals surface area contributed by atoms with Crippen LogP contribution in [-0.4, -0.2) is 29.2 Å². The zero-order valence-electron chi connectivity index (χ0n) is 12.1. The van der Waals surface area contributed by atoms with Crippen LogP contribution in [0.5, 0.6) is 0 Å². The van der Waals surface area contributed by atoms with Crippen molar-refractivity contribution in [2.45, 2.75) is 19.9 Å². The summed E-state index contributed by atoms with van der Waals surface area (Å²) >= 11 is 1.60. The number of carbonyl (C=O) groups is 1. The third-order valence-corrected chi connectivity index (χ3v) is 3.93. The van der Waals surface area contributed by atoms with E-state index in [9.17, 15) is 4.79 Å². The first-order chi connectivity index (χ1) is 10.2. The van der Waals surface area contributed by atoms with Crippen LogP contribution in [0.4, 0.5) is 10.5 Å². The van der Waals surface area contributed by atoms with Gasteiger partial charge in [0, 0.05) is 18.8 Å². The maximum absolute atomic E-state index is 12.3. The van der Waals surface area contributed by atoms with Gasteiger partial charge in [0.05, 0.1) is 6.61 Å². The summed E-state index contributed by atoms with van der Waals surface area (Å²) in [5.74, 6) is 0. The lowest BCUT2D eigenvalue weighted by molar-refractivity contribution is 0.185. The molecule has 1 heterocycles. The van der Waals surface area contributed by atoms with Crippen molar-refractivity contribution in [3.8, 4) is 0 Å². The van der Waals surface area contributed by atoms with Crippen LogP contribution in [0.3, 0.4) is 0 Å². The van der Waals surface area contributed by atoms with Gasteiger partial charge in [-0.15, -0.1) is 0 Å². The minimum Gasteiger partial charge on any atom is -0.395 e. The number of aliphatic hydroxyl groups is 1. The number of anilines is 1. The molecule has 0 unspecified atom stereocenters. The minimum atomic E-state index is -0.191. The molecular weight excluding hydrogens is 284 g/mol. The van der Waals surface area contributed by atoms with Crippen LogP contribution in [0.2, 0.25) is 0 Å². The summed E-state index contributed by atoms with van der Waals surface area (Å²) in [6, 6.07) is 9.61. The van der Waals surface area contributed by atoms with Crippen molar-refractivity contribution in [1.29, 1.82) is 0 Å². The van der Waals surface area contributed by atoms with Gasteiger partial charge in [0.25, 0.3) is 0 Å². The lowest BCUT2D eigenvalue weighted by Gasteiger charge is -2.22. The maximum Gasteiger partial charge on any atom is 0.322 e. The lowest BCUT2D eigenvalue weighted by Crippen LogP contribution is -2.36. The van der Waals surface area contributed by atoms with E-state index in [-0.39, 0.29) is 12.6 Å². The molecule has 2 rings (SSSR count). The van der Waals surface area contributed by atoms with Crippen LogP contribution in [0, 0.1) is 0 Å². The van der Waals surface area contributed by atoms with Crippen LogP contribution in [0.1, 0.15) is 18.1 Å². The SMILES string of the molecule is CCc1cccc(NC(=O)N(CCO)Cc2ccsc2)c1. The highest BCUT2D eigenvalue weighted by atomic mass is 32.1. The van der Waals surface area contributed by atoms with Gasteiger partial charge in [-0.25, -0.2) is 4.79 Å². The molecule has 1 aromatic carbocycles. The maximum atomic E-state index is 12.3. The Morgan fingerprint density at radius 3 is 2.86 bits per heavy atom. The summed E-state index contributed by atoms with van der Waals surface area (Å²) in [4.78, 5) is 13.9. The van der Waals surface area contributed by atoms with Crippen LogP contribution in [0.25, 0.3) is 0 Å². The monoisotopic (exact) mass is 304 g/mol. The van der Waals surface area contributed by atoms with Gasteiger partial charge in [0.2, 0.25) is 0 Å². The van der Waals surface area contributed by atoms with Gasteiger partial charge in [-0.3, -0.25) is 0 Å². The van der Waals surface area contributed by atoms with Gasteiger partial charge >= 0.3 is 6.03 Å². The van der Waals surface area contributed by atoms with Crippen molar-refractivity contribution in [3.05, 3.63) is 52.2 Å². The first-order valence-corrected chi connectivity index (χ1v) is 7.94. The Kier molecular flexibility index (Phi) is 5.78. The van der Waals surface area contributed by atoms with E-state index < -0.39 is 0 Å². The summed E-state index contributed by atoms with van der Waals surface area (Å²) in [5, 5.41) is 16.0. The number of urea groups is 1. The quantitative estimate of drug-likeness (QED) is 0.860. The molecule has 0 aliphatic rings. The molecule has 5 heteroatoms. The predicted molar refractivity (Wildman–Crippen MR) is 86.7 cm³/mol. The molecule has 112 valence electrons. The third-order valence-electron chi connectivity index (χ3n) is 3.20. The van der Waals surface area contributed by atoms with Gasteiger partial charge < -0.3 is 15.3 Å². The van der Waals surface area contributed by atoms with E-state index in [0.29, 0.717) is 13.1 Å². The molecule has 0 saturated carbocycles. The summed E-state index contributed by atoms with van der Waals surface area (Å²) in [7, 11) is 0. The van der Waals surface area contributed by atoms with Crippen molar-refractivity contribution in [2.75, 3.05) is 18.5 Å². The second-order valence-corrected chi connectivity index (χ2v) is 5.54. The second kappa shape index (κ2) is 7.81. The zero-order chi connectivity index (χ0) is 15.1. The van der Waals surface area contributed by atoms with E-state index in [4.69, 9.17) is 5.11 Å². The number of carbonyl (C=O) groups excluding carboxylic acids is 1. The van der Waals surface area contributed by atoms with E-state index in [2.05, 4.69) is 12.2 Å². The van der Waals surface area contributed by atoms with Gasteiger partial charge in [-0.2, -0.15) is 11.3 Å². The van der Waals surface area contributed by atoms with Gasteiger partial charge in [0.1, 0.15) is 0 Å². The first kappa shape index (κ1) is 15.5.